The Hall–Kier alpha value is -2.90. The van der Waals surface area contributed by atoms with Gasteiger partial charge in [0.2, 0.25) is 23.6 Å². The van der Waals surface area contributed by atoms with Gasteiger partial charge in [-0.25, -0.2) is 0 Å². The van der Waals surface area contributed by atoms with E-state index in [0.29, 0.717) is 0 Å². The fraction of sp³-hybridized carbons (Fsp3) is 0.714. The minimum atomic E-state index is -5.24. The molecule has 42 heavy (non-hydrogen) atoms. The Morgan fingerprint density at radius 1 is 0.595 bits per heavy atom. The minimum absolute atomic E-state index is 0.104. The average Bonchev–Trinajstić information content (AvgIpc) is 3.74. The average molecular weight is 596 g/mol. The molecule has 2 unspecified atom stereocenters. The maximum absolute atomic E-state index is 15.6. The van der Waals surface area contributed by atoms with Crippen LogP contribution in [0, 0.1) is 71.0 Å². The van der Waals surface area contributed by atoms with E-state index in [1.54, 1.807) is 0 Å². The lowest BCUT2D eigenvalue weighted by atomic mass is 9.46. The Bertz CT molecular complexity index is 1390. The molecule has 222 valence electrons. The zero-order valence-corrected chi connectivity index (χ0v) is 21.5. The molecular weight excluding hydrogens is 574 g/mol. The zero-order chi connectivity index (χ0) is 29.2. The lowest BCUT2D eigenvalue weighted by molar-refractivity contribution is -0.329. The van der Waals surface area contributed by atoms with Crippen LogP contribution < -0.4 is 0 Å². The second kappa shape index (κ2) is 6.61. The van der Waals surface area contributed by atoms with Crippen LogP contribution in [0.15, 0.2) is 16.5 Å². The van der Waals surface area contributed by atoms with Crippen molar-refractivity contribution in [3.63, 3.8) is 0 Å². The molecule has 7 heterocycles. The van der Waals surface area contributed by atoms with Gasteiger partial charge in [-0.3, -0.25) is 29.0 Å². The summed E-state index contributed by atoms with van der Waals surface area (Å²) in [5.74, 6) is -18.4. The summed E-state index contributed by atoms with van der Waals surface area (Å²) in [6.07, 6.45) is -10.7. The maximum atomic E-state index is 15.6. The van der Waals surface area contributed by atoms with Gasteiger partial charge in [-0.05, 0) is 48.6 Å². The van der Waals surface area contributed by atoms with Crippen molar-refractivity contribution in [2.24, 2.45) is 71.0 Å². The molecule has 0 spiro atoms. The Kier molecular flexibility index (Phi) is 3.86. The first kappa shape index (κ1) is 24.5. The smallest absolute Gasteiger partial charge is 0.418 e. The van der Waals surface area contributed by atoms with Crippen molar-refractivity contribution in [2.45, 2.75) is 49.5 Å². The van der Waals surface area contributed by atoms with Crippen molar-refractivity contribution in [1.29, 1.82) is 0 Å². The van der Waals surface area contributed by atoms with Crippen molar-refractivity contribution in [3.8, 4) is 0 Å². The molecule has 11 rings (SSSR count). The number of nitrogens with zero attached hydrogens (tertiary/aromatic N) is 2. The number of amides is 4. The van der Waals surface area contributed by atoms with Gasteiger partial charge in [-0.2, -0.15) is 26.3 Å². The molecule has 4 amide bonds. The van der Waals surface area contributed by atoms with Gasteiger partial charge >= 0.3 is 12.4 Å². The molecule has 4 saturated carbocycles. The number of hydrogen-bond acceptors (Lipinski definition) is 6. The third-order valence-corrected chi connectivity index (χ3v) is 13.1. The fourth-order valence-corrected chi connectivity index (χ4v) is 12.5. The van der Waals surface area contributed by atoms with Crippen LogP contribution >= 0.6 is 0 Å². The normalized spacial score (nSPS) is 52.3. The van der Waals surface area contributed by atoms with Crippen molar-refractivity contribution >= 4 is 23.6 Å². The summed E-state index contributed by atoms with van der Waals surface area (Å²) in [4.78, 5) is 56.5. The van der Waals surface area contributed by atoms with Crippen LogP contribution in [-0.2, 0) is 37.0 Å². The second-order valence-corrected chi connectivity index (χ2v) is 13.9. The molecule has 8 fully saturated rings. The predicted molar refractivity (Wildman–Crippen MR) is 120 cm³/mol. The number of halogens is 6. The van der Waals surface area contributed by atoms with E-state index in [2.05, 4.69) is 0 Å². The zero-order valence-electron chi connectivity index (χ0n) is 21.5. The van der Waals surface area contributed by atoms with Gasteiger partial charge in [0.25, 0.3) is 0 Å². The largest absolute Gasteiger partial charge is 0.462 e. The first-order valence-electron chi connectivity index (χ1n) is 14.4. The quantitative estimate of drug-likeness (QED) is 0.338. The summed E-state index contributed by atoms with van der Waals surface area (Å²) in [6.45, 7) is -0.680. The van der Waals surface area contributed by atoms with E-state index >= 15 is 26.3 Å². The number of ether oxygens (including phenoxy) is 1. The number of carbonyl (C=O) groups excluding carboxylic acids is 4. The maximum Gasteiger partial charge on any atom is 0.418 e. The monoisotopic (exact) mass is 596 g/mol. The number of hydrogen-bond donors (Lipinski definition) is 0. The van der Waals surface area contributed by atoms with Crippen molar-refractivity contribution in [3.05, 3.63) is 23.7 Å². The molecule has 0 radical (unpaired) electrons. The van der Waals surface area contributed by atoms with Gasteiger partial charge < -0.3 is 9.15 Å². The number of imide groups is 2. The van der Waals surface area contributed by atoms with E-state index in [0.717, 1.165) is 9.80 Å². The van der Waals surface area contributed by atoms with Crippen molar-refractivity contribution in [1.82, 2.24) is 9.80 Å². The number of carbonyl (C=O) groups is 4. The number of furan rings is 1. The summed E-state index contributed by atoms with van der Waals surface area (Å²) in [5, 5.41) is 0. The third kappa shape index (κ3) is 2.15. The number of alkyl halides is 6. The Balaban J connectivity index is 1.26. The van der Waals surface area contributed by atoms with Crippen LogP contribution in [0.2, 0.25) is 0 Å². The highest BCUT2D eigenvalue weighted by Gasteiger charge is 2.97. The standard InChI is InChI=1S/C28H22F6N2O6/c29-27(30,31)25-17-9-3-10-14-13(9)21(37)35(22(14)38)5-7-1-2-8(41-7)6-36-23(39)15-11-4-12(16(15)24(36)40)20(19(11)25)26(42-25,18(10)17)28(32,33)34/h1-2,9-20H,3-6H2/t9-,10+,11+,12-,13+,14-,15-,16+,17+,18-,19-,20+,25?,26?. The van der Waals surface area contributed by atoms with E-state index < -0.39 is 118 Å². The Morgan fingerprint density at radius 3 is 1.19 bits per heavy atom. The van der Waals surface area contributed by atoms with Gasteiger partial charge in [0.05, 0.1) is 36.8 Å². The molecule has 14 bridgehead atoms. The van der Waals surface area contributed by atoms with Gasteiger partial charge in [0.15, 0.2) is 11.2 Å². The molecule has 0 aromatic carbocycles. The molecule has 10 aliphatic rings. The highest BCUT2D eigenvalue weighted by atomic mass is 19.4. The van der Waals surface area contributed by atoms with Crippen molar-refractivity contribution < 1.29 is 54.7 Å². The summed E-state index contributed by atoms with van der Waals surface area (Å²) < 4.78 is 105. The van der Waals surface area contributed by atoms with Crippen LogP contribution in [0.1, 0.15) is 24.4 Å². The molecule has 1 aromatic rings. The molecule has 14 heteroatoms. The molecule has 8 nitrogen and oxygen atoms in total. The first-order chi connectivity index (χ1) is 19.7. The van der Waals surface area contributed by atoms with Crippen molar-refractivity contribution in [2.75, 3.05) is 0 Å². The van der Waals surface area contributed by atoms with Crippen LogP contribution in [0.3, 0.4) is 0 Å². The minimum Gasteiger partial charge on any atom is -0.462 e. The van der Waals surface area contributed by atoms with E-state index in [4.69, 9.17) is 9.15 Å². The predicted octanol–water partition coefficient (Wildman–Crippen LogP) is 2.91. The van der Waals surface area contributed by atoms with E-state index in [-0.39, 0.29) is 37.5 Å². The topological polar surface area (TPSA) is 97.1 Å². The second-order valence-electron chi connectivity index (χ2n) is 13.9. The Labute approximate surface area is 232 Å². The lowest BCUT2D eigenvalue weighted by Gasteiger charge is -2.53. The third-order valence-electron chi connectivity index (χ3n) is 13.1. The first-order valence-corrected chi connectivity index (χ1v) is 14.4. The van der Waals surface area contributed by atoms with Gasteiger partial charge in [0.1, 0.15) is 11.5 Å². The van der Waals surface area contributed by atoms with E-state index in [9.17, 15) is 19.2 Å². The summed E-state index contributed by atoms with van der Waals surface area (Å²) >= 11 is 0. The molecule has 0 N–H and O–H groups in total. The van der Waals surface area contributed by atoms with Crippen LogP contribution in [-0.4, -0.2) is 57.0 Å². The molecule has 6 aliphatic heterocycles. The summed E-state index contributed by atoms with van der Waals surface area (Å²) in [6, 6.07) is 2.98. The highest BCUT2D eigenvalue weighted by Crippen LogP contribution is 2.86. The fourth-order valence-electron chi connectivity index (χ4n) is 12.5. The van der Waals surface area contributed by atoms with Gasteiger partial charge in [-0.1, -0.05) is 0 Å². The lowest BCUT2D eigenvalue weighted by Crippen LogP contribution is -2.66. The van der Waals surface area contributed by atoms with Crippen LogP contribution in [0.5, 0.6) is 0 Å². The Morgan fingerprint density at radius 2 is 0.905 bits per heavy atom. The summed E-state index contributed by atoms with van der Waals surface area (Å²) in [5.41, 5.74) is -6.46. The van der Waals surface area contributed by atoms with Crippen LogP contribution in [0.4, 0.5) is 26.3 Å². The molecule has 1 aromatic heterocycles. The number of rotatable bonds is 0. The van der Waals surface area contributed by atoms with E-state index in [1.165, 1.54) is 12.1 Å². The molecule has 4 aliphatic carbocycles. The SMILES string of the molecule is O=C1[C@@H]2[C@@H]3C[C@@H]4[C@@H]2C(=O)N1Cc1ccc(o1)CN1C(=O)[C@@H]2[C@@H]5C[C@H]([C@@H]2C1=O)[C@H]1[C@@H]5C2(C(F)(F)F)OC1(C(F)(F)F)[C@H]3[C@H]42. The van der Waals surface area contributed by atoms with E-state index in [1.807, 2.05) is 0 Å². The molecular formula is C28H22F6N2O6. The molecule has 4 saturated heterocycles. The molecule has 14 atom stereocenters. The van der Waals surface area contributed by atoms with Crippen LogP contribution in [0.25, 0.3) is 0 Å². The van der Waals surface area contributed by atoms with Gasteiger partial charge in [-0.15, -0.1) is 0 Å². The highest BCUT2D eigenvalue weighted by molar-refractivity contribution is 6.07. The summed E-state index contributed by atoms with van der Waals surface area (Å²) in [7, 11) is 0. The van der Waals surface area contributed by atoms with Gasteiger partial charge in [0, 0.05) is 23.7 Å².